The lowest BCUT2D eigenvalue weighted by Crippen LogP contribution is -2.22. The van der Waals surface area contributed by atoms with Crippen LogP contribution >= 0.6 is 11.6 Å². The SMILES string of the molecule is CN(c1ncnc(Cl)c1C=O)C1CC1. The molecule has 0 radical (unpaired) electrons. The Kier molecular flexibility index (Phi) is 2.37. The summed E-state index contributed by atoms with van der Waals surface area (Å²) in [6, 6.07) is 0.500. The Balaban J connectivity index is 2.39. The molecule has 0 aromatic carbocycles. The molecule has 1 fully saturated rings. The van der Waals surface area contributed by atoms with Gasteiger partial charge in [-0.25, -0.2) is 9.97 Å². The van der Waals surface area contributed by atoms with Gasteiger partial charge in [0.1, 0.15) is 17.3 Å². The van der Waals surface area contributed by atoms with Gasteiger partial charge in [0, 0.05) is 13.1 Å². The first-order chi connectivity index (χ1) is 6.74. The lowest BCUT2D eigenvalue weighted by Gasteiger charge is -2.18. The van der Waals surface area contributed by atoms with Crippen LogP contribution in [0.15, 0.2) is 6.33 Å². The summed E-state index contributed by atoms with van der Waals surface area (Å²) >= 11 is 5.79. The van der Waals surface area contributed by atoms with E-state index in [1.807, 2.05) is 11.9 Å². The highest BCUT2D eigenvalue weighted by Crippen LogP contribution is 2.31. The summed E-state index contributed by atoms with van der Waals surface area (Å²) in [5.74, 6) is 0.627. The molecular formula is C9H10ClN3O. The van der Waals surface area contributed by atoms with Gasteiger partial charge in [0.25, 0.3) is 0 Å². The van der Waals surface area contributed by atoms with Crippen molar-refractivity contribution >= 4 is 23.7 Å². The van der Waals surface area contributed by atoms with E-state index < -0.39 is 0 Å². The van der Waals surface area contributed by atoms with Crippen molar-refractivity contribution in [3.8, 4) is 0 Å². The van der Waals surface area contributed by atoms with Gasteiger partial charge in [-0.2, -0.15) is 0 Å². The van der Waals surface area contributed by atoms with Crippen LogP contribution in [0.4, 0.5) is 5.82 Å². The van der Waals surface area contributed by atoms with E-state index in [4.69, 9.17) is 11.6 Å². The summed E-state index contributed by atoms with van der Waals surface area (Å²) in [5.41, 5.74) is 0.378. The number of rotatable bonds is 3. The fourth-order valence-corrected chi connectivity index (χ4v) is 1.56. The number of halogens is 1. The Labute approximate surface area is 86.9 Å². The molecule has 0 saturated heterocycles. The summed E-state index contributed by atoms with van der Waals surface area (Å²) in [5, 5.41) is 0.220. The van der Waals surface area contributed by atoms with Gasteiger partial charge in [0.15, 0.2) is 6.29 Å². The molecule has 74 valence electrons. The van der Waals surface area contributed by atoms with E-state index in [9.17, 15) is 4.79 Å². The summed E-state index contributed by atoms with van der Waals surface area (Å²) in [7, 11) is 1.92. The Morgan fingerprint density at radius 1 is 1.57 bits per heavy atom. The minimum absolute atomic E-state index is 0.220. The molecule has 0 unspecified atom stereocenters. The van der Waals surface area contributed by atoms with Crippen molar-refractivity contribution in [1.82, 2.24) is 9.97 Å². The van der Waals surface area contributed by atoms with E-state index in [-0.39, 0.29) is 5.15 Å². The topological polar surface area (TPSA) is 46.1 Å². The summed E-state index contributed by atoms with van der Waals surface area (Å²) in [6.45, 7) is 0. The smallest absolute Gasteiger partial charge is 0.156 e. The van der Waals surface area contributed by atoms with Crippen molar-refractivity contribution in [2.24, 2.45) is 0 Å². The zero-order valence-electron chi connectivity index (χ0n) is 7.77. The normalized spacial score (nSPS) is 15.3. The largest absolute Gasteiger partial charge is 0.356 e. The Morgan fingerprint density at radius 3 is 2.86 bits per heavy atom. The first-order valence-corrected chi connectivity index (χ1v) is 4.80. The van der Waals surface area contributed by atoms with Crippen LogP contribution in [0.2, 0.25) is 5.15 Å². The average molecular weight is 212 g/mol. The molecular weight excluding hydrogens is 202 g/mol. The zero-order valence-corrected chi connectivity index (χ0v) is 8.53. The number of carbonyl (C=O) groups excluding carboxylic acids is 1. The maximum Gasteiger partial charge on any atom is 0.156 e. The number of hydrogen-bond acceptors (Lipinski definition) is 4. The molecule has 0 N–H and O–H groups in total. The van der Waals surface area contributed by atoms with E-state index in [1.54, 1.807) is 0 Å². The number of aldehydes is 1. The maximum atomic E-state index is 10.8. The van der Waals surface area contributed by atoms with Gasteiger partial charge in [-0.15, -0.1) is 0 Å². The molecule has 0 aliphatic heterocycles. The summed E-state index contributed by atoms with van der Waals surface area (Å²) in [4.78, 5) is 20.6. The second-order valence-corrected chi connectivity index (χ2v) is 3.72. The first-order valence-electron chi connectivity index (χ1n) is 4.42. The van der Waals surface area contributed by atoms with Crippen molar-refractivity contribution in [2.75, 3.05) is 11.9 Å². The fourth-order valence-electron chi connectivity index (χ4n) is 1.38. The van der Waals surface area contributed by atoms with Crippen LogP contribution in [-0.2, 0) is 0 Å². The number of nitrogens with zero attached hydrogens (tertiary/aromatic N) is 3. The third-order valence-electron chi connectivity index (χ3n) is 2.36. The summed E-state index contributed by atoms with van der Waals surface area (Å²) < 4.78 is 0. The highest BCUT2D eigenvalue weighted by molar-refractivity contribution is 6.32. The van der Waals surface area contributed by atoms with E-state index in [0.717, 1.165) is 12.8 Å². The third kappa shape index (κ3) is 1.57. The maximum absolute atomic E-state index is 10.8. The Morgan fingerprint density at radius 2 is 2.29 bits per heavy atom. The monoisotopic (exact) mass is 211 g/mol. The molecule has 5 heteroatoms. The number of hydrogen-bond donors (Lipinski definition) is 0. The van der Waals surface area contributed by atoms with Crippen molar-refractivity contribution in [3.63, 3.8) is 0 Å². The molecule has 1 heterocycles. The van der Waals surface area contributed by atoms with Gasteiger partial charge in [0.05, 0.1) is 5.56 Å². The van der Waals surface area contributed by atoms with Gasteiger partial charge in [-0.1, -0.05) is 11.6 Å². The second kappa shape index (κ2) is 3.53. The quantitative estimate of drug-likeness (QED) is 0.562. The molecule has 1 aliphatic rings. The third-order valence-corrected chi connectivity index (χ3v) is 2.66. The van der Waals surface area contributed by atoms with Crippen molar-refractivity contribution < 1.29 is 4.79 Å². The predicted molar refractivity (Wildman–Crippen MR) is 53.9 cm³/mol. The standard InChI is InChI=1S/C9H10ClN3O/c1-13(6-2-3-6)9-7(4-14)8(10)11-5-12-9/h4-6H,2-3H2,1H3. The van der Waals surface area contributed by atoms with Crippen molar-refractivity contribution in [3.05, 3.63) is 17.0 Å². The molecule has 1 aromatic heterocycles. The fraction of sp³-hybridized carbons (Fsp3) is 0.444. The highest BCUT2D eigenvalue weighted by Gasteiger charge is 2.29. The van der Waals surface area contributed by atoms with E-state index in [1.165, 1.54) is 6.33 Å². The molecule has 1 saturated carbocycles. The van der Waals surface area contributed by atoms with Crippen LogP contribution in [0.1, 0.15) is 23.2 Å². The van der Waals surface area contributed by atoms with Crippen LogP contribution in [0.3, 0.4) is 0 Å². The lowest BCUT2D eigenvalue weighted by molar-refractivity contribution is 0.112. The molecule has 14 heavy (non-hydrogen) atoms. The van der Waals surface area contributed by atoms with Gasteiger partial charge in [-0.05, 0) is 12.8 Å². The molecule has 1 aromatic rings. The van der Waals surface area contributed by atoms with Gasteiger partial charge >= 0.3 is 0 Å². The number of carbonyl (C=O) groups is 1. The molecule has 2 rings (SSSR count). The van der Waals surface area contributed by atoms with Crippen LogP contribution in [0.25, 0.3) is 0 Å². The van der Waals surface area contributed by atoms with E-state index >= 15 is 0 Å². The Hall–Kier alpha value is -1.16. The molecule has 4 nitrogen and oxygen atoms in total. The number of aromatic nitrogens is 2. The van der Waals surface area contributed by atoms with Gasteiger partial charge in [0.2, 0.25) is 0 Å². The molecule has 0 atom stereocenters. The lowest BCUT2D eigenvalue weighted by atomic mass is 10.3. The molecule has 0 spiro atoms. The predicted octanol–water partition coefficient (Wildman–Crippen LogP) is 1.54. The van der Waals surface area contributed by atoms with Crippen LogP contribution in [0, 0.1) is 0 Å². The van der Waals surface area contributed by atoms with E-state index in [2.05, 4.69) is 9.97 Å². The molecule has 0 bridgehead atoms. The van der Waals surface area contributed by atoms with Crippen LogP contribution in [0.5, 0.6) is 0 Å². The number of anilines is 1. The van der Waals surface area contributed by atoms with Crippen LogP contribution < -0.4 is 4.90 Å². The highest BCUT2D eigenvalue weighted by atomic mass is 35.5. The first kappa shape index (κ1) is 9.40. The Bertz CT molecular complexity index is 365. The second-order valence-electron chi connectivity index (χ2n) is 3.36. The van der Waals surface area contributed by atoms with Crippen molar-refractivity contribution in [1.29, 1.82) is 0 Å². The minimum Gasteiger partial charge on any atom is -0.356 e. The zero-order chi connectivity index (χ0) is 10.1. The van der Waals surface area contributed by atoms with Gasteiger partial charge in [-0.3, -0.25) is 4.79 Å². The van der Waals surface area contributed by atoms with Gasteiger partial charge < -0.3 is 4.90 Å². The molecule has 1 aliphatic carbocycles. The molecule has 0 amide bonds. The minimum atomic E-state index is 0.220. The summed E-state index contributed by atoms with van der Waals surface area (Å²) in [6.07, 6.45) is 4.38. The average Bonchev–Trinajstić information content (AvgIpc) is 2.99. The van der Waals surface area contributed by atoms with Crippen molar-refractivity contribution in [2.45, 2.75) is 18.9 Å². The van der Waals surface area contributed by atoms with E-state index in [0.29, 0.717) is 23.7 Å². The van der Waals surface area contributed by atoms with Crippen LogP contribution in [-0.4, -0.2) is 29.3 Å².